The van der Waals surface area contributed by atoms with Crippen molar-refractivity contribution in [1.29, 1.82) is 0 Å². The highest BCUT2D eigenvalue weighted by atomic mass is 19.1. The predicted octanol–water partition coefficient (Wildman–Crippen LogP) is 0.842. The van der Waals surface area contributed by atoms with Crippen LogP contribution in [0.15, 0.2) is 36.7 Å². The zero-order valence-corrected chi connectivity index (χ0v) is 13.9. The van der Waals surface area contributed by atoms with Crippen LogP contribution >= 0.6 is 0 Å². The van der Waals surface area contributed by atoms with E-state index in [0.29, 0.717) is 18.9 Å². The number of nitrogens with zero attached hydrogens (tertiary/aromatic N) is 3. The summed E-state index contributed by atoms with van der Waals surface area (Å²) in [5.74, 6) is -0.120. The van der Waals surface area contributed by atoms with Crippen molar-refractivity contribution in [2.75, 3.05) is 32.9 Å². The summed E-state index contributed by atoms with van der Waals surface area (Å²) in [6.45, 7) is 0.577. The van der Waals surface area contributed by atoms with E-state index in [-0.39, 0.29) is 31.5 Å². The Hall–Kier alpha value is -2.45. The summed E-state index contributed by atoms with van der Waals surface area (Å²) < 4.78 is 25.8. The molecule has 0 spiro atoms. The molecule has 0 bridgehead atoms. The van der Waals surface area contributed by atoms with Crippen LogP contribution in [0.5, 0.6) is 5.75 Å². The normalized spacial score (nSPS) is 21.0. The van der Waals surface area contributed by atoms with Crippen molar-refractivity contribution in [2.45, 2.75) is 5.60 Å². The van der Waals surface area contributed by atoms with Gasteiger partial charge in [0.25, 0.3) is 5.91 Å². The molecule has 2 heterocycles. The van der Waals surface area contributed by atoms with Gasteiger partial charge >= 0.3 is 0 Å². The summed E-state index contributed by atoms with van der Waals surface area (Å²) in [5.41, 5.74) is -1.40. The Balaban J connectivity index is 1.70. The van der Waals surface area contributed by atoms with E-state index in [1.54, 1.807) is 30.1 Å². The van der Waals surface area contributed by atoms with Gasteiger partial charge in [0.2, 0.25) is 0 Å². The van der Waals surface area contributed by atoms with E-state index in [2.05, 4.69) is 4.98 Å². The number of aryl methyl sites for hydroxylation is 1. The van der Waals surface area contributed by atoms with Gasteiger partial charge in [-0.25, -0.2) is 9.37 Å². The number of benzene rings is 1. The lowest BCUT2D eigenvalue weighted by Crippen LogP contribution is -2.50. The van der Waals surface area contributed by atoms with Crippen LogP contribution in [0.4, 0.5) is 4.39 Å². The molecule has 0 unspecified atom stereocenters. The molecule has 0 saturated carbocycles. The Morgan fingerprint density at radius 2 is 2.36 bits per heavy atom. The average molecular weight is 349 g/mol. The van der Waals surface area contributed by atoms with Crippen LogP contribution in [-0.4, -0.2) is 64.0 Å². The summed E-state index contributed by atoms with van der Waals surface area (Å²) in [6, 6.07) is 5.66. The number of carbonyl (C=O) groups excluding carboxylic acids is 1. The molecular weight excluding hydrogens is 329 g/mol. The van der Waals surface area contributed by atoms with E-state index >= 15 is 0 Å². The van der Waals surface area contributed by atoms with Gasteiger partial charge in [0.05, 0.1) is 19.8 Å². The molecule has 1 aliphatic rings. The quantitative estimate of drug-likeness (QED) is 0.885. The molecule has 1 aromatic carbocycles. The maximum absolute atomic E-state index is 13.2. The fourth-order valence-corrected chi connectivity index (χ4v) is 2.67. The van der Waals surface area contributed by atoms with E-state index in [0.717, 1.165) is 0 Å². The molecule has 1 saturated heterocycles. The second-order valence-corrected chi connectivity index (χ2v) is 6.11. The van der Waals surface area contributed by atoms with Crippen molar-refractivity contribution in [2.24, 2.45) is 7.05 Å². The summed E-state index contributed by atoms with van der Waals surface area (Å²) in [4.78, 5) is 18.2. The monoisotopic (exact) mass is 349 g/mol. The van der Waals surface area contributed by atoms with Crippen LogP contribution in [0.1, 0.15) is 10.6 Å². The van der Waals surface area contributed by atoms with E-state index in [9.17, 15) is 14.3 Å². The summed E-state index contributed by atoms with van der Waals surface area (Å²) in [6.07, 6.45) is 3.22. The van der Waals surface area contributed by atoms with Gasteiger partial charge in [-0.2, -0.15) is 0 Å². The molecule has 0 aliphatic carbocycles. The Labute approximate surface area is 144 Å². The molecule has 3 rings (SSSR count). The van der Waals surface area contributed by atoms with Crippen molar-refractivity contribution in [3.05, 3.63) is 48.3 Å². The third-order valence-corrected chi connectivity index (χ3v) is 3.96. The number of halogens is 1. The number of hydrogen-bond donors (Lipinski definition) is 1. The largest absolute Gasteiger partial charge is 0.490 e. The van der Waals surface area contributed by atoms with Crippen LogP contribution in [0.25, 0.3) is 0 Å². The molecule has 0 radical (unpaired) electrons. The highest BCUT2D eigenvalue weighted by molar-refractivity contribution is 5.90. The molecule has 134 valence electrons. The van der Waals surface area contributed by atoms with Crippen molar-refractivity contribution in [3.8, 4) is 5.75 Å². The van der Waals surface area contributed by atoms with Gasteiger partial charge in [0.1, 0.15) is 23.8 Å². The highest BCUT2D eigenvalue weighted by Gasteiger charge is 2.36. The van der Waals surface area contributed by atoms with Gasteiger partial charge in [-0.05, 0) is 12.1 Å². The van der Waals surface area contributed by atoms with Gasteiger partial charge in [0.15, 0.2) is 5.82 Å². The van der Waals surface area contributed by atoms with Crippen LogP contribution in [-0.2, 0) is 11.8 Å². The minimum atomic E-state index is -1.40. The highest BCUT2D eigenvalue weighted by Crippen LogP contribution is 2.18. The Morgan fingerprint density at radius 1 is 1.52 bits per heavy atom. The number of aliphatic hydroxyl groups is 1. The second kappa shape index (κ2) is 7.20. The fraction of sp³-hybridized carbons (Fsp3) is 0.412. The molecule has 1 atom stereocenters. The Bertz CT molecular complexity index is 751. The number of amides is 1. The summed E-state index contributed by atoms with van der Waals surface area (Å²) in [5, 5.41) is 10.8. The maximum atomic E-state index is 13.2. The molecule has 7 nitrogen and oxygen atoms in total. The zero-order valence-electron chi connectivity index (χ0n) is 13.9. The van der Waals surface area contributed by atoms with Gasteiger partial charge in [0, 0.05) is 32.1 Å². The fourth-order valence-electron chi connectivity index (χ4n) is 2.67. The van der Waals surface area contributed by atoms with E-state index in [1.807, 2.05) is 0 Å². The summed E-state index contributed by atoms with van der Waals surface area (Å²) in [7, 11) is 1.73. The number of ether oxygens (including phenoxy) is 2. The maximum Gasteiger partial charge on any atom is 0.290 e. The first kappa shape index (κ1) is 17.4. The van der Waals surface area contributed by atoms with Crippen LogP contribution in [0, 0.1) is 5.82 Å². The lowest BCUT2D eigenvalue weighted by atomic mass is 10.1. The molecule has 1 amide bonds. The SMILES string of the molecule is Cn1ccnc1C(=O)N1CCOC[C@@](O)(COc2cccc(F)c2)C1. The molecule has 1 aliphatic heterocycles. The molecular formula is C17H20FN3O4. The zero-order chi connectivity index (χ0) is 17.9. The Morgan fingerprint density at radius 3 is 3.08 bits per heavy atom. The van der Waals surface area contributed by atoms with Gasteiger partial charge < -0.3 is 24.0 Å². The van der Waals surface area contributed by atoms with Crippen LogP contribution in [0.2, 0.25) is 0 Å². The number of imidazole rings is 1. The van der Waals surface area contributed by atoms with Gasteiger partial charge in [-0.15, -0.1) is 0 Å². The Kier molecular flexibility index (Phi) is 5.00. The molecule has 1 fully saturated rings. The molecule has 1 aromatic heterocycles. The second-order valence-electron chi connectivity index (χ2n) is 6.11. The third-order valence-electron chi connectivity index (χ3n) is 3.96. The lowest BCUT2D eigenvalue weighted by molar-refractivity contribution is -0.0622. The van der Waals surface area contributed by atoms with Gasteiger partial charge in [-0.1, -0.05) is 6.07 Å². The van der Waals surface area contributed by atoms with Crippen molar-refractivity contribution >= 4 is 5.91 Å². The standard InChI is InChI=1S/C17H20FN3O4/c1-20-6-5-19-15(20)16(22)21-7-8-24-11-17(23,10-21)12-25-14-4-2-3-13(18)9-14/h2-6,9,23H,7-8,10-12H2,1H3/t17-/m1/s1. The topological polar surface area (TPSA) is 76.8 Å². The predicted molar refractivity (Wildman–Crippen MR) is 86.8 cm³/mol. The summed E-state index contributed by atoms with van der Waals surface area (Å²) >= 11 is 0. The number of hydrogen-bond acceptors (Lipinski definition) is 5. The first-order valence-corrected chi connectivity index (χ1v) is 7.92. The first-order valence-electron chi connectivity index (χ1n) is 7.92. The number of aromatic nitrogens is 2. The number of β-amino-alcohol motifs (C(OH)–C–C–N with tert-alkyl or cyclic N) is 1. The first-order chi connectivity index (χ1) is 12.0. The smallest absolute Gasteiger partial charge is 0.290 e. The van der Waals surface area contributed by atoms with Crippen molar-refractivity contribution in [3.63, 3.8) is 0 Å². The van der Waals surface area contributed by atoms with E-state index in [4.69, 9.17) is 9.47 Å². The van der Waals surface area contributed by atoms with E-state index in [1.165, 1.54) is 23.1 Å². The third kappa shape index (κ3) is 4.15. The lowest BCUT2D eigenvalue weighted by Gasteiger charge is -2.30. The molecule has 8 heteroatoms. The van der Waals surface area contributed by atoms with Crippen molar-refractivity contribution < 1.29 is 23.8 Å². The molecule has 2 aromatic rings. The van der Waals surface area contributed by atoms with Gasteiger partial charge in [-0.3, -0.25) is 4.79 Å². The van der Waals surface area contributed by atoms with E-state index < -0.39 is 11.4 Å². The number of carbonyl (C=O) groups is 1. The van der Waals surface area contributed by atoms with Crippen LogP contribution < -0.4 is 4.74 Å². The average Bonchev–Trinajstić information content (AvgIpc) is 2.91. The number of rotatable bonds is 4. The van der Waals surface area contributed by atoms with Crippen molar-refractivity contribution in [1.82, 2.24) is 14.5 Å². The minimum Gasteiger partial charge on any atom is -0.490 e. The minimum absolute atomic E-state index is 0.0205. The molecule has 1 N–H and O–H groups in total. The molecule has 25 heavy (non-hydrogen) atoms. The van der Waals surface area contributed by atoms with Crippen LogP contribution in [0.3, 0.4) is 0 Å².